The van der Waals surface area contributed by atoms with E-state index in [1.807, 2.05) is 0 Å². The number of rotatable bonds is 4. The topological polar surface area (TPSA) is 79.5 Å². The number of hydrogen-bond donors (Lipinski definition) is 1. The number of likely N-dealkylation sites (N-methyl/N-ethyl adjacent to an activating group) is 2. The lowest BCUT2D eigenvalue weighted by Gasteiger charge is -2.26. The maximum Gasteiger partial charge on any atom is 0.254 e. The van der Waals surface area contributed by atoms with E-state index in [4.69, 9.17) is 5.73 Å². The van der Waals surface area contributed by atoms with Crippen molar-refractivity contribution in [3.63, 3.8) is 0 Å². The molecule has 0 spiro atoms. The van der Waals surface area contributed by atoms with Gasteiger partial charge in [0.2, 0.25) is 5.91 Å². The van der Waals surface area contributed by atoms with Gasteiger partial charge in [-0.1, -0.05) is 12.1 Å². The van der Waals surface area contributed by atoms with Crippen molar-refractivity contribution in [2.45, 2.75) is 13.0 Å². The summed E-state index contributed by atoms with van der Waals surface area (Å²) in [4.78, 5) is 31.7. The van der Waals surface area contributed by atoms with Crippen LogP contribution < -0.4 is 5.73 Å². The van der Waals surface area contributed by atoms with Gasteiger partial charge < -0.3 is 15.5 Å². The molecule has 2 amide bonds. The van der Waals surface area contributed by atoms with E-state index in [9.17, 15) is 9.59 Å². The average Bonchev–Trinajstić information content (AvgIpc) is 2.59. The highest BCUT2D eigenvalue weighted by molar-refractivity contribution is 5.97. The molecule has 0 saturated carbocycles. The van der Waals surface area contributed by atoms with E-state index in [0.717, 1.165) is 5.56 Å². The van der Waals surface area contributed by atoms with Gasteiger partial charge in [0.1, 0.15) is 6.04 Å². The second-order valence-corrected chi connectivity index (χ2v) is 5.84. The first kappa shape index (κ1) is 17.5. The van der Waals surface area contributed by atoms with Crippen molar-refractivity contribution < 1.29 is 9.59 Å². The van der Waals surface area contributed by atoms with Crippen LogP contribution in [0.1, 0.15) is 17.3 Å². The number of nitrogens with two attached hydrogens (primary N) is 1. The molecule has 1 aromatic heterocycles. The number of pyridine rings is 1. The molecule has 2 rings (SSSR count). The fourth-order valence-electron chi connectivity index (χ4n) is 2.35. The number of hydrogen-bond acceptors (Lipinski definition) is 4. The first-order valence-corrected chi connectivity index (χ1v) is 7.62. The van der Waals surface area contributed by atoms with Crippen molar-refractivity contribution in [3.05, 3.63) is 48.2 Å². The SMILES string of the molecule is C[C@H](C(=O)N(C)C)N(C)C(=O)c1ccc(-c2ncccc2N)cc1. The summed E-state index contributed by atoms with van der Waals surface area (Å²) in [6.07, 6.45) is 1.67. The maximum atomic E-state index is 12.5. The fraction of sp³-hybridized carbons (Fsp3) is 0.278. The van der Waals surface area contributed by atoms with E-state index >= 15 is 0 Å². The maximum absolute atomic E-state index is 12.5. The molecule has 24 heavy (non-hydrogen) atoms. The quantitative estimate of drug-likeness (QED) is 0.930. The summed E-state index contributed by atoms with van der Waals surface area (Å²) < 4.78 is 0. The molecule has 1 aromatic carbocycles. The van der Waals surface area contributed by atoms with Gasteiger partial charge in [0.15, 0.2) is 0 Å². The van der Waals surface area contributed by atoms with E-state index in [0.29, 0.717) is 16.9 Å². The number of amides is 2. The van der Waals surface area contributed by atoms with Crippen molar-refractivity contribution in [2.24, 2.45) is 0 Å². The number of carbonyl (C=O) groups is 2. The summed E-state index contributed by atoms with van der Waals surface area (Å²) in [7, 11) is 4.96. The van der Waals surface area contributed by atoms with Crippen LogP contribution in [0.2, 0.25) is 0 Å². The van der Waals surface area contributed by atoms with Crippen LogP contribution in [0.5, 0.6) is 0 Å². The largest absolute Gasteiger partial charge is 0.397 e. The van der Waals surface area contributed by atoms with Gasteiger partial charge in [-0.25, -0.2) is 0 Å². The molecule has 0 aliphatic heterocycles. The van der Waals surface area contributed by atoms with E-state index in [1.165, 1.54) is 9.80 Å². The molecule has 126 valence electrons. The first-order valence-electron chi connectivity index (χ1n) is 7.62. The van der Waals surface area contributed by atoms with Crippen LogP contribution in [0.3, 0.4) is 0 Å². The summed E-state index contributed by atoms with van der Waals surface area (Å²) >= 11 is 0. The Kier molecular flexibility index (Phi) is 5.18. The second kappa shape index (κ2) is 7.12. The standard InChI is InChI=1S/C18H22N4O2/c1-12(17(23)21(2)3)22(4)18(24)14-9-7-13(8-10-14)16-15(19)6-5-11-20-16/h5-12H,19H2,1-4H3/t12-/m1/s1. The van der Waals surface area contributed by atoms with Crippen LogP contribution in [0.25, 0.3) is 11.3 Å². The zero-order valence-corrected chi connectivity index (χ0v) is 14.4. The molecule has 1 heterocycles. The summed E-state index contributed by atoms with van der Waals surface area (Å²) in [5, 5.41) is 0. The average molecular weight is 326 g/mol. The number of benzene rings is 1. The molecule has 0 aliphatic carbocycles. The van der Waals surface area contributed by atoms with Crippen LogP contribution in [0.15, 0.2) is 42.6 Å². The van der Waals surface area contributed by atoms with Gasteiger partial charge in [-0.3, -0.25) is 14.6 Å². The normalized spacial score (nSPS) is 11.7. The Balaban J connectivity index is 2.20. The minimum atomic E-state index is -0.529. The van der Waals surface area contributed by atoms with Crippen molar-refractivity contribution >= 4 is 17.5 Å². The molecule has 2 N–H and O–H groups in total. The Labute approximate surface area is 141 Å². The Morgan fingerprint density at radius 1 is 1.08 bits per heavy atom. The van der Waals surface area contributed by atoms with Gasteiger partial charge in [0.25, 0.3) is 5.91 Å². The number of carbonyl (C=O) groups excluding carboxylic acids is 2. The first-order chi connectivity index (χ1) is 11.3. The minimum Gasteiger partial charge on any atom is -0.397 e. The van der Waals surface area contributed by atoms with Gasteiger partial charge in [-0.05, 0) is 31.2 Å². The summed E-state index contributed by atoms with van der Waals surface area (Å²) in [6.45, 7) is 1.71. The zero-order chi connectivity index (χ0) is 17.9. The monoisotopic (exact) mass is 326 g/mol. The summed E-state index contributed by atoms with van der Waals surface area (Å²) in [5.41, 5.74) is 8.53. The van der Waals surface area contributed by atoms with E-state index in [-0.39, 0.29) is 11.8 Å². The van der Waals surface area contributed by atoms with Gasteiger partial charge in [-0.2, -0.15) is 0 Å². The third-order valence-corrected chi connectivity index (χ3v) is 3.94. The predicted molar refractivity (Wildman–Crippen MR) is 94.3 cm³/mol. The predicted octanol–water partition coefficient (Wildman–Crippen LogP) is 1.88. The number of anilines is 1. The molecular formula is C18H22N4O2. The van der Waals surface area contributed by atoms with Gasteiger partial charge in [-0.15, -0.1) is 0 Å². The molecule has 1 atom stereocenters. The van der Waals surface area contributed by atoms with Crippen molar-refractivity contribution in [2.75, 3.05) is 26.9 Å². The van der Waals surface area contributed by atoms with Crippen LogP contribution in [0.4, 0.5) is 5.69 Å². The van der Waals surface area contributed by atoms with Crippen molar-refractivity contribution in [1.29, 1.82) is 0 Å². The number of nitrogen functional groups attached to an aromatic ring is 1. The molecule has 0 aliphatic rings. The van der Waals surface area contributed by atoms with E-state index in [2.05, 4.69) is 4.98 Å². The molecular weight excluding hydrogens is 304 g/mol. The summed E-state index contributed by atoms with van der Waals surface area (Å²) in [5.74, 6) is -0.332. The lowest BCUT2D eigenvalue weighted by molar-refractivity contribution is -0.132. The Morgan fingerprint density at radius 3 is 2.25 bits per heavy atom. The van der Waals surface area contributed by atoms with Crippen LogP contribution in [-0.2, 0) is 4.79 Å². The Bertz CT molecular complexity index is 741. The molecule has 0 bridgehead atoms. The lowest BCUT2D eigenvalue weighted by atomic mass is 10.1. The van der Waals surface area contributed by atoms with E-state index < -0.39 is 6.04 Å². The Morgan fingerprint density at radius 2 is 1.71 bits per heavy atom. The summed E-state index contributed by atoms with van der Waals surface area (Å²) in [6, 6.07) is 10.1. The third kappa shape index (κ3) is 3.53. The van der Waals surface area contributed by atoms with Gasteiger partial charge in [0, 0.05) is 38.5 Å². The molecule has 6 heteroatoms. The molecule has 0 saturated heterocycles. The van der Waals surface area contributed by atoms with Crippen molar-refractivity contribution in [1.82, 2.24) is 14.8 Å². The molecule has 0 radical (unpaired) electrons. The minimum absolute atomic E-state index is 0.122. The molecule has 2 aromatic rings. The Hall–Kier alpha value is -2.89. The van der Waals surface area contributed by atoms with E-state index in [1.54, 1.807) is 70.7 Å². The highest BCUT2D eigenvalue weighted by Gasteiger charge is 2.24. The van der Waals surface area contributed by atoms with Gasteiger partial charge >= 0.3 is 0 Å². The lowest BCUT2D eigenvalue weighted by Crippen LogP contribution is -2.45. The second-order valence-electron chi connectivity index (χ2n) is 5.84. The van der Waals surface area contributed by atoms with Crippen LogP contribution >= 0.6 is 0 Å². The van der Waals surface area contributed by atoms with Crippen LogP contribution in [-0.4, -0.2) is 53.8 Å². The number of nitrogens with zero attached hydrogens (tertiary/aromatic N) is 3. The third-order valence-electron chi connectivity index (χ3n) is 3.94. The smallest absolute Gasteiger partial charge is 0.254 e. The molecule has 0 fully saturated rings. The number of aromatic nitrogens is 1. The fourth-order valence-corrected chi connectivity index (χ4v) is 2.35. The zero-order valence-electron chi connectivity index (χ0n) is 14.4. The molecule has 0 unspecified atom stereocenters. The highest BCUT2D eigenvalue weighted by Crippen LogP contribution is 2.23. The van der Waals surface area contributed by atoms with Gasteiger partial charge in [0.05, 0.1) is 11.4 Å². The van der Waals surface area contributed by atoms with Crippen LogP contribution in [0, 0.1) is 0 Å². The highest BCUT2D eigenvalue weighted by atomic mass is 16.2. The van der Waals surface area contributed by atoms with Crippen molar-refractivity contribution in [3.8, 4) is 11.3 Å². The molecule has 6 nitrogen and oxygen atoms in total.